The molecule has 1 aromatic carbocycles. The van der Waals surface area contributed by atoms with Crippen LogP contribution in [-0.4, -0.2) is 49.4 Å². The number of hydrogen-bond donors (Lipinski definition) is 2. The Morgan fingerprint density at radius 3 is 2.51 bits per heavy atom. The average molecular weight is 549 g/mol. The van der Waals surface area contributed by atoms with Crippen molar-refractivity contribution in [3.63, 3.8) is 0 Å². The zero-order valence-corrected chi connectivity index (χ0v) is 22.1. The highest BCUT2D eigenvalue weighted by Gasteiger charge is 2.41. The van der Waals surface area contributed by atoms with Crippen molar-refractivity contribution in [1.29, 1.82) is 0 Å². The second-order valence-corrected chi connectivity index (χ2v) is 9.66. The van der Waals surface area contributed by atoms with Gasteiger partial charge in [0.05, 0.1) is 19.4 Å². The van der Waals surface area contributed by atoms with E-state index in [1.54, 1.807) is 20.8 Å². The van der Waals surface area contributed by atoms with Crippen LogP contribution >= 0.6 is 0 Å². The number of terminal acetylenes is 1. The van der Waals surface area contributed by atoms with Crippen molar-refractivity contribution >= 4 is 18.0 Å². The van der Waals surface area contributed by atoms with Crippen molar-refractivity contribution in [1.82, 2.24) is 10.6 Å². The molecule has 1 unspecified atom stereocenters. The van der Waals surface area contributed by atoms with E-state index in [1.807, 2.05) is 0 Å². The van der Waals surface area contributed by atoms with Gasteiger partial charge in [-0.05, 0) is 50.6 Å². The SMILES string of the molecule is C#C[C@H](CC(=O)OC)NC(=O)c1cccc(OC2=CC(CNC(=O)OC(C)(C)C)=CC(C(F)(F)F)C(=C)C2)c1. The van der Waals surface area contributed by atoms with Gasteiger partial charge in [0.2, 0.25) is 0 Å². The first kappa shape index (κ1) is 31.0. The summed E-state index contributed by atoms with van der Waals surface area (Å²) in [4.78, 5) is 36.2. The summed E-state index contributed by atoms with van der Waals surface area (Å²) < 4.78 is 56.7. The number of rotatable bonds is 8. The third-order valence-electron chi connectivity index (χ3n) is 5.21. The molecule has 11 heteroatoms. The van der Waals surface area contributed by atoms with E-state index in [-0.39, 0.29) is 47.6 Å². The number of alkyl carbamates (subject to hydrolysis) is 1. The number of alkyl halides is 3. The van der Waals surface area contributed by atoms with Crippen molar-refractivity contribution in [2.75, 3.05) is 13.7 Å². The molecule has 0 saturated carbocycles. The lowest BCUT2D eigenvalue weighted by molar-refractivity contribution is -0.151. The summed E-state index contributed by atoms with van der Waals surface area (Å²) in [6, 6.07) is 4.97. The molecular weight excluding hydrogens is 517 g/mol. The summed E-state index contributed by atoms with van der Waals surface area (Å²) in [5.74, 6) is -0.575. The average Bonchev–Trinajstić information content (AvgIpc) is 2.99. The number of ether oxygens (including phenoxy) is 3. The maximum atomic E-state index is 13.7. The Hall–Kier alpha value is -4.20. The van der Waals surface area contributed by atoms with E-state index >= 15 is 0 Å². The Labute approximate surface area is 225 Å². The Bertz CT molecular complexity index is 1200. The van der Waals surface area contributed by atoms with Crippen LogP contribution in [0.3, 0.4) is 0 Å². The maximum absolute atomic E-state index is 13.7. The van der Waals surface area contributed by atoms with E-state index < -0.39 is 41.7 Å². The molecule has 0 radical (unpaired) electrons. The molecule has 210 valence electrons. The zero-order chi connectivity index (χ0) is 29.4. The summed E-state index contributed by atoms with van der Waals surface area (Å²) in [6.45, 7) is 8.32. The molecule has 1 aromatic rings. The number of allylic oxidation sites excluding steroid dienone is 2. The number of esters is 1. The fraction of sp³-hybridized carbons (Fsp3) is 0.393. The van der Waals surface area contributed by atoms with Crippen LogP contribution in [0.5, 0.6) is 5.75 Å². The number of nitrogens with one attached hydrogen (secondary N) is 2. The molecular formula is C28H31F3N2O6. The molecule has 0 fully saturated rings. The number of methoxy groups -OCH3 is 1. The predicted molar refractivity (Wildman–Crippen MR) is 137 cm³/mol. The quantitative estimate of drug-likeness (QED) is 0.274. The van der Waals surface area contributed by atoms with Crippen LogP contribution in [0.4, 0.5) is 18.0 Å². The van der Waals surface area contributed by atoms with Crippen LogP contribution in [0.25, 0.3) is 0 Å². The van der Waals surface area contributed by atoms with Gasteiger partial charge in [-0.2, -0.15) is 13.2 Å². The van der Waals surface area contributed by atoms with Gasteiger partial charge < -0.3 is 24.8 Å². The van der Waals surface area contributed by atoms with E-state index in [0.717, 1.165) is 6.08 Å². The van der Waals surface area contributed by atoms with E-state index in [4.69, 9.17) is 15.9 Å². The van der Waals surface area contributed by atoms with Gasteiger partial charge in [-0.25, -0.2) is 4.79 Å². The second kappa shape index (κ2) is 13.0. The highest BCUT2D eigenvalue weighted by Crippen LogP contribution is 2.38. The van der Waals surface area contributed by atoms with Crippen LogP contribution in [0.1, 0.15) is 44.0 Å². The number of hydrogen-bond acceptors (Lipinski definition) is 6. The van der Waals surface area contributed by atoms with Gasteiger partial charge >= 0.3 is 18.2 Å². The van der Waals surface area contributed by atoms with Crippen molar-refractivity contribution in [2.24, 2.45) is 5.92 Å². The van der Waals surface area contributed by atoms with Crippen LogP contribution in [0.15, 0.2) is 59.9 Å². The van der Waals surface area contributed by atoms with Crippen LogP contribution < -0.4 is 15.4 Å². The van der Waals surface area contributed by atoms with Gasteiger partial charge in [0, 0.05) is 18.5 Å². The second-order valence-electron chi connectivity index (χ2n) is 9.66. The Morgan fingerprint density at radius 2 is 1.92 bits per heavy atom. The minimum atomic E-state index is -4.60. The summed E-state index contributed by atoms with van der Waals surface area (Å²) in [5.41, 5.74) is -0.674. The first-order chi connectivity index (χ1) is 18.1. The fourth-order valence-electron chi connectivity index (χ4n) is 3.46. The molecule has 0 saturated heterocycles. The molecule has 2 rings (SSSR count). The van der Waals surface area contributed by atoms with E-state index in [1.165, 1.54) is 37.5 Å². The summed E-state index contributed by atoms with van der Waals surface area (Å²) in [6.07, 6.45) is 1.87. The van der Waals surface area contributed by atoms with E-state index in [9.17, 15) is 27.6 Å². The van der Waals surface area contributed by atoms with Crippen LogP contribution in [0, 0.1) is 18.3 Å². The Kier molecular flexibility index (Phi) is 10.4. The lowest BCUT2D eigenvalue weighted by Gasteiger charge is -2.20. The molecule has 0 aliphatic heterocycles. The van der Waals surface area contributed by atoms with E-state index in [0.29, 0.717) is 0 Å². The molecule has 0 spiro atoms. The van der Waals surface area contributed by atoms with Crippen LogP contribution in [0.2, 0.25) is 0 Å². The molecule has 2 amide bonds. The van der Waals surface area contributed by atoms with Crippen molar-refractivity contribution in [2.45, 2.75) is 51.4 Å². The first-order valence-corrected chi connectivity index (χ1v) is 11.9. The first-order valence-electron chi connectivity index (χ1n) is 11.9. The molecule has 1 aliphatic rings. The lowest BCUT2D eigenvalue weighted by atomic mass is 9.96. The standard InChI is InChI=1S/C28H31F3N2O6/c1-7-20(15-24(34)37-6)33-25(35)19-9-8-10-21(14-19)38-22-11-17(2)23(28(29,30)31)13-18(12-22)16-32-26(36)39-27(3,4)5/h1,8-10,12-14,20,23H,2,11,15-16H2,3-6H3,(H,32,36)(H,33,35)/t20-,23?/m1/s1. The molecule has 0 bridgehead atoms. The fourth-order valence-corrected chi connectivity index (χ4v) is 3.46. The molecule has 8 nitrogen and oxygen atoms in total. The number of carbonyl (C=O) groups is 3. The van der Waals surface area contributed by atoms with Gasteiger partial charge in [-0.1, -0.05) is 30.2 Å². The number of carbonyl (C=O) groups excluding carboxylic acids is 3. The van der Waals surface area contributed by atoms with Crippen molar-refractivity contribution in [3.05, 3.63) is 65.5 Å². The topological polar surface area (TPSA) is 103 Å². The minimum Gasteiger partial charge on any atom is -0.469 e. The Balaban J connectivity index is 2.24. The molecule has 0 heterocycles. The molecule has 1 aliphatic carbocycles. The normalized spacial score (nSPS) is 16.5. The predicted octanol–water partition coefficient (Wildman–Crippen LogP) is 4.83. The molecule has 39 heavy (non-hydrogen) atoms. The third-order valence-corrected chi connectivity index (χ3v) is 5.21. The largest absolute Gasteiger partial charge is 0.469 e. The highest BCUT2D eigenvalue weighted by molar-refractivity contribution is 5.95. The molecule has 2 atom stereocenters. The van der Waals surface area contributed by atoms with E-state index in [2.05, 4.69) is 27.9 Å². The van der Waals surface area contributed by atoms with Gasteiger partial charge in [-0.3, -0.25) is 9.59 Å². The molecule has 2 N–H and O–H groups in total. The highest BCUT2D eigenvalue weighted by atomic mass is 19.4. The van der Waals surface area contributed by atoms with Gasteiger partial charge in [0.1, 0.15) is 23.2 Å². The summed E-state index contributed by atoms with van der Waals surface area (Å²) in [5, 5.41) is 4.97. The lowest BCUT2D eigenvalue weighted by Crippen LogP contribution is -2.35. The number of amides is 2. The molecule has 0 aromatic heterocycles. The van der Waals surface area contributed by atoms with Gasteiger partial charge in [0.25, 0.3) is 5.91 Å². The zero-order valence-electron chi connectivity index (χ0n) is 22.1. The summed E-state index contributed by atoms with van der Waals surface area (Å²) >= 11 is 0. The monoisotopic (exact) mass is 548 g/mol. The van der Waals surface area contributed by atoms with Gasteiger partial charge in [0.15, 0.2) is 0 Å². The van der Waals surface area contributed by atoms with Crippen LogP contribution in [-0.2, 0) is 14.3 Å². The smallest absolute Gasteiger partial charge is 0.407 e. The van der Waals surface area contributed by atoms with Crippen molar-refractivity contribution in [3.8, 4) is 18.1 Å². The number of halogens is 3. The number of benzene rings is 1. The summed E-state index contributed by atoms with van der Waals surface area (Å²) in [7, 11) is 1.19. The maximum Gasteiger partial charge on any atom is 0.407 e. The van der Waals surface area contributed by atoms with Gasteiger partial charge in [-0.15, -0.1) is 6.42 Å². The Morgan fingerprint density at radius 1 is 1.23 bits per heavy atom. The minimum absolute atomic E-state index is 0.119. The van der Waals surface area contributed by atoms with Crippen molar-refractivity contribution < 1.29 is 41.8 Å². The third kappa shape index (κ3) is 10.2.